The van der Waals surface area contributed by atoms with E-state index in [2.05, 4.69) is 5.32 Å². The molecule has 0 bridgehead atoms. The number of thioether (sulfide) groups is 1. The summed E-state index contributed by atoms with van der Waals surface area (Å²) in [4.78, 5) is 27.2. The molecule has 11 heteroatoms. The number of ether oxygens (including phenoxy) is 3. The summed E-state index contributed by atoms with van der Waals surface area (Å²) in [6.45, 7) is 3.04. The van der Waals surface area contributed by atoms with E-state index in [4.69, 9.17) is 49.6 Å². The number of amides is 2. The summed E-state index contributed by atoms with van der Waals surface area (Å²) >= 11 is 18.7. The van der Waals surface area contributed by atoms with Crippen molar-refractivity contribution in [2.75, 3.05) is 38.8 Å². The zero-order valence-corrected chi connectivity index (χ0v) is 22.3. The molecule has 3 rings (SSSR count). The molecule has 0 unspecified atom stereocenters. The number of nitrogens with zero attached hydrogens (tertiary/aromatic N) is 1. The van der Waals surface area contributed by atoms with Crippen molar-refractivity contribution in [2.24, 2.45) is 0 Å². The van der Waals surface area contributed by atoms with Crippen molar-refractivity contribution in [1.29, 1.82) is 0 Å². The van der Waals surface area contributed by atoms with Crippen LogP contribution in [-0.2, 0) is 14.3 Å². The van der Waals surface area contributed by atoms with Crippen molar-refractivity contribution < 1.29 is 23.8 Å². The van der Waals surface area contributed by atoms with Crippen molar-refractivity contribution in [3.63, 3.8) is 0 Å². The van der Waals surface area contributed by atoms with Crippen LogP contribution in [0, 0.1) is 0 Å². The van der Waals surface area contributed by atoms with Crippen molar-refractivity contribution in [1.82, 2.24) is 4.90 Å². The Hall–Kier alpha value is -2.30. The average molecular weight is 556 g/mol. The molecule has 0 aromatic heterocycles. The van der Waals surface area contributed by atoms with Gasteiger partial charge in [0, 0.05) is 20.3 Å². The Bertz CT molecular complexity index is 1140. The van der Waals surface area contributed by atoms with Crippen molar-refractivity contribution in [3.05, 3.63) is 56.9 Å². The van der Waals surface area contributed by atoms with Crippen LogP contribution in [0.1, 0.15) is 18.9 Å². The Kier molecular flexibility index (Phi) is 10.2. The van der Waals surface area contributed by atoms with Crippen LogP contribution >= 0.6 is 47.2 Å². The van der Waals surface area contributed by atoms with E-state index >= 15 is 0 Å². The van der Waals surface area contributed by atoms with Gasteiger partial charge in [-0.2, -0.15) is 0 Å². The fraction of sp³-hybridized carbons (Fsp3) is 0.292. The van der Waals surface area contributed by atoms with Gasteiger partial charge < -0.3 is 19.5 Å². The van der Waals surface area contributed by atoms with Crippen LogP contribution in [0.15, 0.2) is 41.3 Å². The lowest BCUT2D eigenvalue weighted by Crippen LogP contribution is -2.29. The van der Waals surface area contributed by atoms with E-state index in [1.54, 1.807) is 54.5 Å². The van der Waals surface area contributed by atoms with Crippen molar-refractivity contribution in [3.8, 4) is 11.5 Å². The second-order valence-electron chi connectivity index (χ2n) is 7.26. The molecule has 0 aliphatic carbocycles. The van der Waals surface area contributed by atoms with Crippen LogP contribution < -0.4 is 14.8 Å². The third-order valence-electron chi connectivity index (χ3n) is 4.75. The van der Waals surface area contributed by atoms with Gasteiger partial charge in [-0.05, 0) is 49.2 Å². The van der Waals surface area contributed by atoms with Gasteiger partial charge in [0.25, 0.3) is 11.8 Å². The van der Waals surface area contributed by atoms with Crippen LogP contribution in [0.5, 0.6) is 11.5 Å². The number of benzene rings is 2. The molecule has 7 nitrogen and oxygen atoms in total. The zero-order valence-electron chi connectivity index (χ0n) is 19.1. The minimum absolute atomic E-state index is 0.134. The summed E-state index contributed by atoms with van der Waals surface area (Å²) in [6.07, 6.45) is 2.46. The molecule has 186 valence electrons. The van der Waals surface area contributed by atoms with Crippen LogP contribution in [0.25, 0.3) is 6.08 Å². The first-order valence-electron chi connectivity index (χ1n) is 10.7. The van der Waals surface area contributed by atoms with E-state index in [1.165, 1.54) is 11.8 Å². The highest BCUT2D eigenvalue weighted by Gasteiger charge is 2.31. The molecule has 2 aromatic carbocycles. The minimum Gasteiger partial charge on any atom is -0.490 e. The third-order valence-corrected chi connectivity index (χ3v) is 6.95. The topological polar surface area (TPSA) is 77.1 Å². The first kappa shape index (κ1) is 27.3. The summed E-state index contributed by atoms with van der Waals surface area (Å²) < 4.78 is 17.0. The molecule has 1 aliphatic rings. The van der Waals surface area contributed by atoms with Gasteiger partial charge in [-0.25, -0.2) is 0 Å². The highest BCUT2D eigenvalue weighted by Crippen LogP contribution is 2.35. The first-order valence-corrected chi connectivity index (χ1v) is 12.7. The van der Waals surface area contributed by atoms with E-state index in [0.29, 0.717) is 57.6 Å². The largest absolute Gasteiger partial charge is 0.490 e. The number of nitrogens with one attached hydrogen (secondary N) is 1. The summed E-state index contributed by atoms with van der Waals surface area (Å²) in [5, 5.41) is 3.26. The van der Waals surface area contributed by atoms with Gasteiger partial charge in [-0.15, -0.1) is 0 Å². The Labute approximate surface area is 223 Å². The number of anilines is 1. The van der Waals surface area contributed by atoms with Gasteiger partial charge in [0.1, 0.15) is 4.32 Å². The predicted molar refractivity (Wildman–Crippen MR) is 145 cm³/mol. The zero-order chi connectivity index (χ0) is 25.4. The Morgan fingerprint density at radius 2 is 2.00 bits per heavy atom. The highest BCUT2D eigenvalue weighted by molar-refractivity contribution is 8.26. The van der Waals surface area contributed by atoms with Crippen LogP contribution in [0.2, 0.25) is 10.0 Å². The second kappa shape index (κ2) is 13.1. The SMILES string of the molecule is CCOc1cc(/C=C2\SC(=S)N(CCCOC)C2=O)ccc1OCC(=O)Nc1cccc(Cl)c1Cl. The van der Waals surface area contributed by atoms with Gasteiger partial charge in [0.2, 0.25) is 0 Å². The summed E-state index contributed by atoms with van der Waals surface area (Å²) in [5.74, 6) is 0.303. The lowest BCUT2D eigenvalue weighted by molar-refractivity contribution is -0.122. The number of hydrogen-bond donors (Lipinski definition) is 1. The Morgan fingerprint density at radius 3 is 2.74 bits per heavy atom. The van der Waals surface area contributed by atoms with Crippen LogP contribution in [0.4, 0.5) is 5.69 Å². The summed E-state index contributed by atoms with van der Waals surface area (Å²) in [6, 6.07) is 10.2. The molecule has 1 N–H and O–H groups in total. The fourth-order valence-corrected chi connectivity index (χ4v) is 4.80. The minimum atomic E-state index is -0.405. The lowest BCUT2D eigenvalue weighted by atomic mass is 10.2. The molecule has 2 aromatic rings. The highest BCUT2D eigenvalue weighted by atomic mass is 35.5. The number of rotatable bonds is 11. The first-order chi connectivity index (χ1) is 16.8. The van der Waals surface area contributed by atoms with E-state index in [9.17, 15) is 9.59 Å². The maximum Gasteiger partial charge on any atom is 0.266 e. The summed E-state index contributed by atoms with van der Waals surface area (Å²) in [5.41, 5.74) is 1.14. The smallest absolute Gasteiger partial charge is 0.266 e. The van der Waals surface area contributed by atoms with Gasteiger partial charge >= 0.3 is 0 Å². The number of hydrogen-bond acceptors (Lipinski definition) is 7. The van der Waals surface area contributed by atoms with Gasteiger partial charge in [0.15, 0.2) is 18.1 Å². The predicted octanol–water partition coefficient (Wildman–Crippen LogP) is 5.65. The summed E-state index contributed by atoms with van der Waals surface area (Å²) in [7, 11) is 1.62. The van der Waals surface area contributed by atoms with Gasteiger partial charge in [0.05, 0.1) is 27.2 Å². The average Bonchev–Trinajstić information content (AvgIpc) is 3.09. The maximum absolute atomic E-state index is 12.8. The Morgan fingerprint density at radius 1 is 1.20 bits per heavy atom. The molecular weight excluding hydrogens is 531 g/mol. The van der Waals surface area contributed by atoms with E-state index < -0.39 is 5.91 Å². The standard InChI is InChI=1S/C24H24Cl2N2O5S2/c1-3-32-19-12-15(13-20-23(30)28(24(34)35-20)10-5-11-31-2)8-9-18(19)33-14-21(29)27-17-7-4-6-16(25)22(17)26/h4,6-9,12-13H,3,5,10-11,14H2,1-2H3,(H,27,29)/b20-13-. The number of thiocarbonyl (C=S) groups is 1. The van der Waals surface area contributed by atoms with Crippen LogP contribution in [-0.4, -0.2) is 54.5 Å². The fourth-order valence-electron chi connectivity index (χ4n) is 3.14. The number of halogens is 2. The van der Waals surface area contributed by atoms with Gasteiger partial charge in [-0.1, -0.05) is 59.3 Å². The number of carbonyl (C=O) groups excluding carboxylic acids is 2. The third kappa shape index (κ3) is 7.35. The van der Waals surface area contributed by atoms with Crippen molar-refractivity contribution in [2.45, 2.75) is 13.3 Å². The molecule has 2 amide bonds. The van der Waals surface area contributed by atoms with E-state index in [1.807, 2.05) is 6.92 Å². The molecule has 1 fully saturated rings. The molecule has 0 spiro atoms. The molecule has 1 aliphatic heterocycles. The lowest BCUT2D eigenvalue weighted by Gasteiger charge is -2.14. The molecular formula is C24H24Cl2N2O5S2. The quantitative estimate of drug-likeness (QED) is 0.218. The number of carbonyl (C=O) groups is 2. The molecule has 35 heavy (non-hydrogen) atoms. The van der Waals surface area contributed by atoms with E-state index in [0.717, 1.165) is 5.56 Å². The van der Waals surface area contributed by atoms with Gasteiger partial charge in [-0.3, -0.25) is 14.5 Å². The monoisotopic (exact) mass is 554 g/mol. The normalized spacial score (nSPS) is 14.5. The molecule has 1 heterocycles. The Balaban J connectivity index is 1.68. The van der Waals surface area contributed by atoms with Crippen LogP contribution in [0.3, 0.4) is 0 Å². The second-order valence-corrected chi connectivity index (χ2v) is 9.72. The van der Waals surface area contributed by atoms with Crippen molar-refractivity contribution >= 4 is 75.1 Å². The maximum atomic E-state index is 12.8. The number of methoxy groups -OCH3 is 1. The van der Waals surface area contributed by atoms with E-state index in [-0.39, 0.29) is 17.5 Å². The molecule has 0 atom stereocenters. The molecule has 0 radical (unpaired) electrons. The molecule has 0 saturated carbocycles. The molecule has 1 saturated heterocycles.